The molecule has 1 aromatic heterocycles. The summed E-state index contributed by atoms with van der Waals surface area (Å²) in [6.45, 7) is 1.57. The molecular formula is C19H20FN3O. The Morgan fingerprint density at radius 2 is 2.04 bits per heavy atom. The minimum Gasteiger partial charge on any atom is -0.392 e. The van der Waals surface area contributed by atoms with Gasteiger partial charge in [-0.1, -0.05) is 12.1 Å². The van der Waals surface area contributed by atoms with Gasteiger partial charge >= 0.3 is 0 Å². The van der Waals surface area contributed by atoms with E-state index in [1.807, 2.05) is 12.1 Å². The first kappa shape index (κ1) is 16.4. The standard InChI is InChI=1S/C19H20FN3O/c20-18-10-15(1-3-17(18)13-24)9-14-5-7-23(8-6-14)19-4-2-16(11-21)12-22-19/h1-4,10,12,14,24H,5-9,13H2. The Labute approximate surface area is 141 Å². The Morgan fingerprint density at radius 1 is 1.25 bits per heavy atom. The Kier molecular flexibility index (Phi) is 5.07. The quantitative estimate of drug-likeness (QED) is 0.938. The second kappa shape index (κ2) is 7.41. The summed E-state index contributed by atoms with van der Waals surface area (Å²) in [5.74, 6) is 1.11. The van der Waals surface area contributed by atoms with E-state index < -0.39 is 0 Å². The lowest BCUT2D eigenvalue weighted by molar-refractivity contribution is 0.275. The SMILES string of the molecule is N#Cc1ccc(N2CCC(Cc3ccc(CO)c(F)c3)CC2)nc1. The number of aromatic nitrogens is 1. The van der Waals surface area contributed by atoms with Crippen LogP contribution in [-0.4, -0.2) is 23.2 Å². The number of piperidine rings is 1. The molecule has 0 spiro atoms. The zero-order valence-electron chi connectivity index (χ0n) is 13.5. The van der Waals surface area contributed by atoms with Crippen molar-refractivity contribution in [2.75, 3.05) is 18.0 Å². The van der Waals surface area contributed by atoms with Crippen LogP contribution >= 0.6 is 0 Å². The predicted molar refractivity (Wildman–Crippen MR) is 89.9 cm³/mol. The molecule has 0 bridgehead atoms. The summed E-state index contributed by atoms with van der Waals surface area (Å²) < 4.78 is 13.8. The fraction of sp³-hybridized carbons (Fsp3) is 0.368. The molecule has 1 aliphatic rings. The zero-order valence-corrected chi connectivity index (χ0v) is 13.5. The normalized spacial score (nSPS) is 15.3. The molecule has 3 rings (SSSR count). The van der Waals surface area contributed by atoms with Crippen molar-refractivity contribution >= 4 is 5.82 Å². The number of nitriles is 1. The van der Waals surface area contributed by atoms with E-state index in [-0.39, 0.29) is 12.4 Å². The summed E-state index contributed by atoms with van der Waals surface area (Å²) in [5.41, 5.74) is 1.90. The summed E-state index contributed by atoms with van der Waals surface area (Å²) in [7, 11) is 0. The van der Waals surface area contributed by atoms with E-state index in [1.54, 1.807) is 24.4 Å². The maximum atomic E-state index is 13.8. The maximum absolute atomic E-state index is 13.8. The topological polar surface area (TPSA) is 60.2 Å². The third-order valence-electron chi connectivity index (χ3n) is 4.63. The Morgan fingerprint density at radius 3 is 2.62 bits per heavy atom. The summed E-state index contributed by atoms with van der Waals surface area (Å²) in [5, 5.41) is 17.9. The van der Waals surface area contributed by atoms with E-state index in [9.17, 15) is 4.39 Å². The van der Waals surface area contributed by atoms with Gasteiger partial charge in [0.2, 0.25) is 0 Å². The highest BCUT2D eigenvalue weighted by atomic mass is 19.1. The number of rotatable bonds is 4. The number of anilines is 1. The van der Waals surface area contributed by atoms with Crippen molar-refractivity contribution in [3.63, 3.8) is 0 Å². The highest BCUT2D eigenvalue weighted by molar-refractivity contribution is 5.42. The molecule has 0 radical (unpaired) electrons. The molecule has 4 nitrogen and oxygen atoms in total. The summed E-state index contributed by atoms with van der Waals surface area (Å²) >= 11 is 0. The molecule has 2 aromatic rings. The fourth-order valence-corrected chi connectivity index (χ4v) is 3.18. The minimum absolute atomic E-state index is 0.262. The Balaban J connectivity index is 1.56. The van der Waals surface area contributed by atoms with E-state index in [2.05, 4.69) is 16.0 Å². The van der Waals surface area contributed by atoms with Gasteiger partial charge in [-0.3, -0.25) is 0 Å². The van der Waals surface area contributed by atoms with Gasteiger partial charge in [-0.15, -0.1) is 0 Å². The number of aliphatic hydroxyl groups excluding tert-OH is 1. The Bertz CT molecular complexity index is 731. The first-order valence-electron chi connectivity index (χ1n) is 8.19. The van der Waals surface area contributed by atoms with E-state index >= 15 is 0 Å². The van der Waals surface area contributed by atoms with Crippen LogP contribution in [-0.2, 0) is 13.0 Å². The monoisotopic (exact) mass is 325 g/mol. The molecule has 124 valence electrons. The van der Waals surface area contributed by atoms with Crippen LogP contribution in [0.1, 0.15) is 29.5 Å². The van der Waals surface area contributed by atoms with E-state index in [4.69, 9.17) is 10.4 Å². The number of pyridine rings is 1. The molecule has 5 heteroatoms. The largest absolute Gasteiger partial charge is 0.392 e. The molecule has 0 atom stereocenters. The summed E-state index contributed by atoms with van der Waals surface area (Å²) in [6, 6.07) is 10.9. The highest BCUT2D eigenvalue weighted by Gasteiger charge is 2.20. The molecule has 1 N–H and O–H groups in total. The van der Waals surface area contributed by atoms with Crippen LogP contribution in [0.4, 0.5) is 10.2 Å². The third kappa shape index (κ3) is 3.72. The molecule has 1 aliphatic heterocycles. The first-order valence-corrected chi connectivity index (χ1v) is 8.19. The minimum atomic E-state index is -0.325. The number of benzene rings is 1. The number of hydrogen-bond donors (Lipinski definition) is 1. The van der Waals surface area contributed by atoms with Crippen molar-refractivity contribution in [2.45, 2.75) is 25.9 Å². The van der Waals surface area contributed by atoms with Crippen molar-refractivity contribution in [3.05, 3.63) is 59.0 Å². The first-order chi connectivity index (χ1) is 11.7. The average molecular weight is 325 g/mol. The van der Waals surface area contributed by atoms with Crippen LogP contribution in [0.2, 0.25) is 0 Å². The number of hydrogen-bond acceptors (Lipinski definition) is 4. The van der Waals surface area contributed by atoms with Crippen LogP contribution in [0.25, 0.3) is 0 Å². The molecule has 24 heavy (non-hydrogen) atoms. The van der Waals surface area contributed by atoms with Crippen LogP contribution in [0.3, 0.4) is 0 Å². The van der Waals surface area contributed by atoms with Gasteiger partial charge in [-0.25, -0.2) is 9.37 Å². The van der Waals surface area contributed by atoms with E-state index in [0.717, 1.165) is 43.7 Å². The van der Waals surface area contributed by atoms with Crippen molar-refractivity contribution in [2.24, 2.45) is 5.92 Å². The zero-order chi connectivity index (χ0) is 16.9. The van der Waals surface area contributed by atoms with Crippen molar-refractivity contribution < 1.29 is 9.50 Å². The third-order valence-corrected chi connectivity index (χ3v) is 4.63. The number of halogens is 1. The fourth-order valence-electron chi connectivity index (χ4n) is 3.18. The number of nitrogens with zero attached hydrogens (tertiary/aromatic N) is 3. The van der Waals surface area contributed by atoms with Gasteiger partial charge in [0.15, 0.2) is 0 Å². The molecule has 0 amide bonds. The van der Waals surface area contributed by atoms with E-state index in [0.29, 0.717) is 17.0 Å². The Hall–Kier alpha value is -2.45. The smallest absolute Gasteiger partial charge is 0.128 e. The summed E-state index contributed by atoms with van der Waals surface area (Å²) in [4.78, 5) is 6.57. The molecule has 1 fully saturated rings. The average Bonchev–Trinajstić information content (AvgIpc) is 2.63. The van der Waals surface area contributed by atoms with Gasteiger partial charge in [0.25, 0.3) is 0 Å². The molecule has 2 heterocycles. The molecule has 0 aliphatic carbocycles. The second-order valence-corrected chi connectivity index (χ2v) is 6.24. The van der Waals surface area contributed by atoms with Crippen molar-refractivity contribution in [1.29, 1.82) is 5.26 Å². The van der Waals surface area contributed by atoms with Crippen LogP contribution < -0.4 is 4.90 Å². The van der Waals surface area contributed by atoms with Gasteiger partial charge in [-0.05, 0) is 48.9 Å². The summed E-state index contributed by atoms with van der Waals surface area (Å²) in [6.07, 6.45) is 4.53. The molecule has 0 unspecified atom stereocenters. The van der Waals surface area contributed by atoms with Gasteiger partial charge < -0.3 is 10.0 Å². The molecule has 1 aromatic carbocycles. The molecule has 0 saturated carbocycles. The molecule has 1 saturated heterocycles. The van der Waals surface area contributed by atoms with Crippen molar-refractivity contribution in [3.8, 4) is 6.07 Å². The van der Waals surface area contributed by atoms with Crippen LogP contribution in [0.5, 0.6) is 0 Å². The lowest BCUT2D eigenvalue weighted by atomic mass is 9.90. The van der Waals surface area contributed by atoms with E-state index in [1.165, 1.54) is 0 Å². The maximum Gasteiger partial charge on any atom is 0.128 e. The molecular weight excluding hydrogens is 305 g/mol. The number of aliphatic hydroxyl groups is 1. The predicted octanol–water partition coefficient (Wildman–Crippen LogP) is 3.04. The van der Waals surface area contributed by atoms with Gasteiger partial charge in [0, 0.05) is 24.8 Å². The second-order valence-electron chi connectivity index (χ2n) is 6.24. The lowest BCUT2D eigenvalue weighted by Crippen LogP contribution is -2.34. The van der Waals surface area contributed by atoms with Gasteiger partial charge in [0.1, 0.15) is 17.7 Å². The highest BCUT2D eigenvalue weighted by Crippen LogP contribution is 2.25. The van der Waals surface area contributed by atoms with Crippen LogP contribution in [0.15, 0.2) is 36.5 Å². The van der Waals surface area contributed by atoms with Crippen LogP contribution in [0, 0.1) is 23.1 Å². The van der Waals surface area contributed by atoms with Gasteiger partial charge in [-0.2, -0.15) is 5.26 Å². The van der Waals surface area contributed by atoms with Crippen molar-refractivity contribution in [1.82, 2.24) is 4.98 Å². The van der Waals surface area contributed by atoms with Gasteiger partial charge in [0.05, 0.1) is 12.2 Å². The lowest BCUT2D eigenvalue weighted by Gasteiger charge is -2.33.